The number of hydrogen-bond donors (Lipinski definition) is 2. The highest BCUT2D eigenvalue weighted by atomic mass is 32.2. The number of aromatic nitrogens is 2. The quantitative estimate of drug-likeness (QED) is 0.639. The number of aryl methyl sites for hydroxylation is 1. The molecule has 0 bridgehead atoms. The topological polar surface area (TPSA) is 118 Å². The van der Waals surface area contributed by atoms with Gasteiger partial charge in [-0.05, 0) is 31.5 Å². The fourth-order valence-electron chi connectivity index (χ4n) is 1.79. The summed E-state index contributed by atoms with van der Waals surface area (Å²) in [5, 5.41) is 17.3. The summed E-state index contributed by atoms with van der Waals surface area (Å²) in [6, 6.07) is 4.11. The molecule has 0 amide bonds. The molecule has 21 heavy (non-hydrogen) atoms. The summed E-state index contributed by atoms with van der Waals surface area (Å²) in [6.45, 7) is 3.25. The van der Waals surface area contributed by atoms with Crippen molar-refractivity contribution in [3.63, 3.8) is 0 Å². The lowest BCUT2D eigenvalue weighted by Gasteiger charge is -2.08. The number of nitrogens with zero attached hydrogens (tertiary/aromatic N) is 2. The molecule has 0 aliphatic carbocycles. The molecule has 0 aliphatic heterocycles. The van der Waals surface area contributed by atoms with E-state index in [0.29, 0.717) is 16.8 Å². The minimum atomic E-state index is -3.83. The smallest absolute Gasteiger partial charge is 0.273 e. The third-order valence-electron chi connectivity index (χ3n) is 3.13. The Morgan fingerprint density at radius 2 is 2.10 bits per heavy atom. The van der Waals surface area contributed by atoms with Gasteiger partial charge in [0, 0.05) is 17.8 Å². The summed E-state index contributed by atoms with van der Waals surface area (Å²) in [5.41, 5.74) is 1.38. The molecule has 8 nitrogen and oxygen atoms in total. The number of H-pyrrole nitrogens is 1. The van der Waals surface area contributed by atoms with Gasteiger partial charge >= 0.3 is 0 Å². The fourth-order valence-corrected chi connectivity index (χ4v) is 2.90. The summed E-state index contributed by atoms with van der Waals surface area (Å²) >= 11 is 0. The lowest BCUT2D eigenvalue weighted by atomic mass is 10.1. The van der Waals surface area contributed by atoms with Gasteiger partial charge in [-0.2, -0.15) is 5.10 Å². The number of nitro benzene ring substituents is 1. The summed E-state index contributed by atoms with van der Waals surface area (Å²) in [4.78, 5) is 10.3. The number of nitrogens with one attached hydrogen (secondary N) is 2. The van der Waals surface area contributed by atoms with Gasteiger partial charge in [-0.15, -0.1) is 0 Å². The van der Waals surface area contributed by atoms with E-state index in [1.54, 1.807) is 19.9 Å². The SMILES string of the molecule is Cc1cc(S(=O)(=O)NCc2ccn[nH]2)cc([N+](=O)[O-])c1C. The summed E-state index contributed by atoms with van der Waals surface area (Å²) in [5.74, 6) is 0. The monoisotopic (exact) mass is 310 g/mol. The number of benzene rings is 1. The van der Waals surface area contributed by atoms with Gasteiger partial charge in [0.1, 0.15) is 0 Å². The maximum Gasteiger partial charge on any atom is 0.273 e. The molecular formula is C12H14N4O4S. The van der Waals surface area contributed by atoms with Crippen molar-refractivity contribution < 1.29 is 13.3 Å². The first-order valence-corrected chi connectivity index (χ1v) is 7.53. The van der Waals surface area contributed by atoms with Crippen molar-refractivity contribution in [1.82, 2.24) is 14.9 Å². The molecule has 112 valence electrons. The Hall–Kier alpha value is -2.26. The Kier molecular flexibility index (Phi) is 4.05. The summed E-state index contributed by atoms with van der Waals surface area (Å²) < 4.78 is 26.8. The minimum Gasteiger partial charge on any atom is -0.281 e. The average Bonchev–Trinajstić information content (AvgIpc) is 2.92. The second-order valence-electron chi connectivity index (χ2n) is 4.55. The van der Waals surface area contributed by atoms with E-state index >= 15 is 0 Å². The van der Waals surface area contributed by atoms with Gasteiger partial charge in [0.2, 0.25) is 10.0 Å². The molecule has 2 N–H and O–H groups in total. The van der Waals surface area contributed by atoms with Crippen LogP contribution < -0.4 is 4.72 Å². The van der Waals surface area contributed by atoms with E-state index in [1.807, 2.05) is 0 Å². The highest BCUT2D eigenvalue weighted by Crippen LogP contribution is 2.25. The van der Waals surface area contributed by atoms with Crippen LogP contribution in [0.3, 0.4) is 0 Å². The zero-order valence-electron chi connectivity index (χ0n) is 11.5. The highest BCUT2D eigenvalue weighted by Gasteiger charge is 2.21. The molecule has 0 spiro atoms. The van der Waals surface area contributed by atoms with Crippen molar-refractivity contribution in [1.29, 1.82) is 0 Å². The zero-order valence-corrected chi connectivity index (χ0v) is 12.3. The van der Waals surface area contributed by atoms with Crippen LogP contribution >= 0.6 is 0 Å². The first kappa shape index (κ1) is 15.1. The van der Waals surface area contributed by atoms with Crippen molar-refractivity contribution in [3.8, 4) is 0 Å². The van der Waals surface area contributed by atoms with Crippen LogP contribution in [0, 0.1) is 24.0 Å². The maximum atomic E-state index is 12.2. The Bertz CT molecular complexity index is 769. The lowest BCUT2D eigenvalue weighted by Crippen LogP contribution is -2.23. The average molecular weight is 310 g/mol. The van der Waals surface area contributed by atoms with Crippen molar-refractivity contribution in [2.45, 2.75) is 25.3 Å². The summed E-state index contributed by atoms with van der Waals surface area (Å²) in [7, 11) is -3.83. The van der Waals surface area contributed by atoms with Crippen molar-refractivity contribution >= 4 is 15.7 Å². The minimum absolute atomic E-state index is 0.0308. The van der Waals surface area contributed by atoms with Gasteiger partial charge < -0.3 is 0 Å². The van der Waals surface area contributed by atoms with E-state index < -0.39 is 14.9 Å². The van der Waals surface area contributed by atoms with Gasteiger partial charge in [-0.3, -0.25) is 15.2 Å². The number of aromatic amines is 1. The molecule has 9 heteroatoms. The summed E-state index contributed by atoms with van der Waals surface area (Å²) in [6.07, 6.45) is 1.50. The number of nitro groups is 1. The molecule has 0 aliphatic rings. The maximum absolute atomic E-state index is 12.2. The molecule has 0 atom stereocenters. The van der Waals surface area contributed by atoms with Crippen LogP contribution in [0.25, 0.3) is 0 Å². The van der Waals surface area contributed by atoms with Crippen molar-refractivity contribution in [2.75, 3.05) is 0 Å². The second-order valence-corrected chi connectivity index (χ2v) is 6.31. The molecule has 0 fully saturated rings. The molecule has 2 aromatic rings. The Balaban J connectivity index is 2.33. The predicted octanol–water partition coefficient (Wildman–Crippen LogP) is 1.41. The van der Waals surface area contributed by atoms with Gasteiger partial charge in [0.05, 0.1) is 22.1 Å². The predicted molar refractivity (Wildman–Crippen MR) is 75.2 cm³/mol. The van der Waals surface area contributed by atoms with Crippen LogP contribution in [0.4, 0.5) is 5.69 Å². The van der Waals surface area contributed by atoms with Gasteiger partial charge in [-0.1, -0.05) is 0 Å². The standard InChI is InChI=1S/C12H14N4O4S/c1-8-5-11(6-12(9(8)2)16(17)18)21(19,20)14-7-10-3-4-13-15-10/h3-6,14H,7H2,1-2H3,(H,13,15). The number of sulfonamides is 1. The van der Waals surface area contributed by atoms with Gasteiger partial charge in [0.15, 0.2) is 0 Å². The van der Waals surface area contributed by atoms with E-state index in [2.05, 4.69) is 14.9 Å². The van der Waals surface area contributed by atoms with Gasteiger partial charge in [-0.25, -0.2) is 13.1 Å². The second kappa shape index (κ2) is 5.62. The lowest BCUT2D eigenvalue weighted by molar-refractivity contribution is -0.385. The molecule has 1 heterocycles. The highest BCUT2D eigenvalue weighted by molar-refractivity contribution is 7.89. The van der Waals surface area contributed by atoms with Crippen molar-refractivity contribution in [2.24, 2.45) is 0 Å². The molecule has 1 aromatic carbocycles. The molecule has 2 rings (SSSR count). The zero-order chi connectivity index (χ0) is 15.6. The largest absolute Gasteiger partial charge is 0.281 e. The van der Waals surface area contributed by atoms with Crippen LogP contribution in [0.15, 0.2) is 29.3 Å². The number of rotatable bonds is 5. The molecular weight excluding hydrogens is 296 g/mol. The van der Waals surface area contributed by atoms with E-state index in [0.717, 1.165) is 6.07 Å². The molecule has 0 unspecified atom stereocenters. The fraction of sp³-hybridized carbons (Fsp3) is 0.250. The van der Waals surface area contributed by atoms with Crippen molar-refractivity contribution in [3.05, 3.63) is 51.3 Å². The van der Waals surface area contributed by atoms with Gasteiger partial charge in [0.25, 0.3) is 5.69 Å². The molecule has 0 radical (unpaired) electrons. The van der Waals surface area contributed by atoms with E-state index in [4.69, 9.17) is 0 Å². The number of hydrogen-bond acceptors (Lipinski definition) is 5. The molecule has 0 saturated heterocycles. The Morgan fingerprint density at radius 3 is 2.67 bits per heavy atom. The normalized spacial score (nSPS) is 11.5. The third-order valence-corrected chi connectivity index (χ3v) is 4.51. The molecule has 0 saturated carbocycles. The first-order chi connectivity index (χ1) is 9.81. The van der Waals surface area contributed by atoms with Crippen LogP contribution in [0.5, 0.6) is 0 Å². The van der Waals surface area contributed by atoms with E-state index in [1.165, 1.54) is 12.3 Å². The van der Waals surface area contributed by atoms with E-state index in [9.17, 15) is 18.5 Å². The molecule has 1 aromatic heterocycles. The van der Waals surface area contributed by atoms with Crippen LogP contribution in [0.2, 0.25) is 0 Å². The Labute approximate surface area is 121 Å². The van der Waals surface area contributed by atoms with E-state index in [-0.39, 0.29) is 17.1 Å². The van der Waals surface area contributed by atoms with Crippen LogP contribution in [-0.2, 0) is 16.6 Å². The Morgan fingerprint density at radius 1 is 1.38 bits per heavy atom. The first-order valence-electron chi connectivity index (χ1n) is 6.05. The third kappa shape index (κ3) is 3.26. The van der Waals surface area contributed by atoms with Crippen LogP contribution in [-0.4, -0.2) is 23.5 Å². The van der Waals surface area contributed by atoms with Crippen LogP contribution in [0.1, 0.15) is 16.8 Å².